The summed E-state index contributed by atoms with van der Waals surface area (Å²) in [7, 11) is 0. The first kappa shape index (κ1) is 12.8. The molecule has 0 bridgehead atoms. The molecular formula is C13H14ClN3O. The van der Waals surface area contributed by atoms with Gasteiger partial charge in [0.25, 0.3) is 0 Å². The Labute approximate surface area is 111 Å². The molecule has 0 fully saturated rings. The van der Waals surface area contributed by atoms with Crippen molar-refractivity contribution in [3.05, 3.63) is 59.4 Å². The smallest absolute Gasteiger partial charge is 0.119 e. The molecule has 4 nitrogen and oxygen atoms in total. The lowest BCUT2D eigenvalue weighted by atomic mass is 10.1. The number of nitrogens with zero attached hydrogens (tertiary/aromatic N) is 1. The predicted octanol–water partition coefficient (Wildman–Crippen LogP) is 2.32. The van der Waals surface area contributed by atoms with Crippen LogP contribution in [0, 0.1) is 0 Å². The van der Waals surface area contributed by atoms with Gasteiger partial charge in [-0.1, -0.05) is 17.7 Å². The zero-order chi connectivity index (χ0) is 12.8. The fraction of sp³-hybridized carbons (Fsp3) is 0.154. The number of hydrogen-bond acceptors (Lipinski definition) is 4. The standard InChI is InChI=1S/C13H14ClN3O/c14-11-3-5-12(6-4-11)18-9-13(17-15)10-2-1-7-16-8-10/h1-8,13,17H,9,15H2. The lowest BCUT2D eigenvalue weighted by Gasteiger charge is -2.16. The third kappa shape index (κ3) is 3.43. The Morgan fingerprint density at radius 1 is 1.28 bits per heavy atom. The van der Waals surface area contributed by atoms with Crippen molar-refractivity contribution in [3.63, 3.8) is 0 Å². The number of benzene rings is 1. The second-order valence-electron chi connectivity index (χ2n) is 3.77. The number of pyridine rings is 1. The highest BCUT2D eigenvalue weighted by Gasteiger charge is 2.10. The minimum atomic E-state index is -0.102. The van der Waals surface area contributed by atoms with E-state index in [0.29, 0.717) is 11.6 Å². The maximum atomic E-state index is 5.80. The zero-order valence-electron chi connectivity index (χ0n) is 9.71. The molecule has 1 aromatic heterocycles. The summed E-state index contributed by atoms with van der Waals surface area (Å²) in [6.07, 6.45) is 3.48. The Bertz CT molecular complexity index is 475. The molecule has 0 radical (unpaired) electrons. The summed E-state index contributed by atoms with van der Waals surface area (Å²) in [5.41, 5.74) is 3.69. The molecule has 1 aromatic carbocycles. The average Bonchev–Trinajstić information content (AvgIpc) is 2.43. The van der Waals surface area contributed by atoms with Gasteiger partial charge in [-0.15, -0.1) is 0 Å². The Morgan fingerprint density at radius 3 is 2.67 bits per heavy atom. The number of nitrogens with two attached hydrogens (primary N) is 1. The number of halogens is 1. The van der Waals surface area contributed by atoms with Gasteiger partial charge in [-0.05, 0) is 35.9 Å². The zero-order valence-corrected chi connectivity index (χ0v) is 10.5. The van der Waals surface area contributed by atoms with E-state index in [1.807, 2.05) is 24.3 Å². The molecule has 0 amide bonds. The summed E-state index contributed by atoms with van der Waals surface area (Å²) < 4.78 is 5.64. The molecule has 94 valence electrons. The maximum Gasteiger partial charge on any atom is 0.119 e. The van der Waals surface area contributed by atoms with Gasteiger partial charge in [0.05, 0.1) is 6.04 Å². The van der Waals surface area contributed by atoms with Crippen molar-refractivity contribution in [1.29, 1.82) is 0 Å². The highest BCUT2D eigenvalue weighted by Crippen LogP contribution is 2.18. The van der Waals surface area contributed by atoms with Crippen LogP contribution in [0.15, 0.2) is 48.8 Å². The molecule has 0 aliphatic heterocycles. The fourth-order valence-corrected chi connectivity index (χ4v) is 1.66. The second-order valence-corrected chi connectivity index (χ2v) is 4.21. The van der Waals surface area contributed by atoms with E-state index in [2.05, 4.69) is 10.4 Å². The fourth-order valence-electron chi connectivity index (χ4n) is 1.53. The van der Waals surface area contributed by atoms with Crippen molar-refractivity contribution in [2.75, 3.05) is 6.61 Å². The molecule has 3 N–H and O–H groups in total. The van der Waals surface area contributed by atoms with E-state index in [0.717, 1.165) is 11.3 Å². The van der Waals surface area contributed by atoms with E-state index in [-0.39, 0.29) is 6.04 Å². The van der Waals surface area contributed by atoms with E-state index in [4.69, 9.17) is 22.2 Å². The SMILES string of the molecule is NNC(COc1ccc(Cl)cc1)c1cccnc1. The van der Waals surface area contributed by atoms with Crippen LogP contribution in [0.3, 0.4) is 0 Å². The van der Waals surface area contributed by atoms with Crippen LogP contribution in [0.5, 0.6) is 5.75 Å². The topological polar surface area (TPSA) is 60.2 Å². The van der Waals surface area contributed by atoms with Crippen LogP contribution in [-0.4, -0.2) is 11.6 Å². The lowest BCUT2D eigenvalue weighted by Crippen LogP contribution is -2.32. The number of rotatable bonds is 5. The first-order valence-corrected chi connectivity index (χ1v) is 5.92. The van der Waals surface area contributed by atoms with Crippen molar-refractivity contribution in [2.45, 2.75) is 6.04 Å². The van der Waals surface area contributed by atoms with E-state index < -0.39 is 0 Å². The Kier molecular flexibility index (Phi) is 4.52. The van der Waals surface area contributed by atoms with Gasteiger partial charge in [-0.25, -0.2) is 5.43 Å². The summed E-state index contributed by atoms with van der Waals surface area (Å²) >= 11 is 5.80. The van der Waals surface area contributed by atoms with Gasteiger partial charge in [0.15, 0.2) is 0 Å². The van der Waals surface area contributed by atoms with Crippen molar-refractivity contribution >= 4 is 11.6 Å². The van der Waals surface area contributed by atoms with Crippen molar-refractivity contribution in [3.8, 4) is 5.75 Å². The van der Waals surface area contributed by atoms with Crippen LogP contribution in [-0.2, 0) is 0 Å². The largest absolute Gasteiger partial charge is 0.492 e. The maximum absolute atomic E-state index is 5.80. The summed E-state index contributed by atoms with van der Waals surface area (Å²) in [6.45, 7) is 0.420. The molecular weight excluding hydrogens is 250 g/mol. The van der Waals surface area contributed by atoms with Crippen molar-refractivity contribution in [1.82, 2.24) is 10.4 Å². The number of hydrogen-bond donors (Lipinski definition) is 2. The molecule has 0 saturated heterocycles. The Hall–Kier alpha value is -1.62. The van der Waals surface area contributed by atoms with Gasteiger partial charge < -0.3 is 4.74 Å². The number of aromatic nitrogens is 1. The highest BCUT2D eigenvalue weighted by atomic mass is 35.5. The first-order valence-electron chi connectivity index (χ1n) is 5.54. The van der Waals surface area contributed by atoms with Gasteiger partial charge in [-0.3, -0.25) is 10.8 Å². The van der Waals surface area contributed by atoms with Gasteiger partial charge in [0.1, 0.15) is 12.4 Å². The molecule has 0 aliphatic carbocycles. The predicted molar refractivity (Wildman–Crippen MR) is 71.2 cm³/mol. The molecule has 0 saturated carbocycles. The van der Waals surface area contributed by atoms with E-state index in [1.165, 1.54) is 0 Å². The molecule has 0 aliphatic rings. The number of hydrazine groups is 1. The minimum Gasteiger partial charge on any atom is -0.492 e. The minimum absolute atomic E-state index is 0.102. The lowest BCUT2D eigenvalue weighted by molar-refractivity contribution is 0.267. The Balaban J connectivity index is 1.97. The molecule has 5 heteroatoms. The third-order valence-corrected chi connectivity index (χ3v) is 2.77. The normalized spacial score (nSPS) is 12.1. The van der Waals surface area contributed by atoms with Crippen LogP contribution in [0.2, 0.25) is 5.02 Å². The van der Waals surface area contributed by atoms with Gasteiger partial charge >= 0.3 is 0 Å². The van der Waals surface area contributed by atoms with Crippen molar-refractivity contribution in [2.24, 2.45) is 5.84 Å². The monoisotopic (exact) mass is 263 g/mol. The van der Waals surface area contributed by atoms with Gasteiger partial charge in [0, 0.05) is 17.4 Å². The number of nitrogens with one attached hydrogen (secondary N) is 1. The van der Waals surface area contributed by atoms with Crippen LogP contribution >= 0.6 is 11.6 Å². The molecule has 1 atom stereocenters. The van der Waals surface area contributed by atoms with E-state index in [9.17, 15) is 0 Å². The summed E-state index contributed by atoms with van der Waals surface area (Å²) in [6, 6.07) is 10.9. The van der Waals surface area contributed by atoms with E-state index in [1.54, 1.807) is 24.5 Å². The second kappa shape index (κ2) is 6.35. The highest BCUT2D eigenvalue weighted by molar-refractivity contribution is 6.30. The summed E-state index contributed by atoms with van der Waals surface area (Å²) in [5, 5.41) is 0.683. The molecule has 2 aromatic rings. The molecule has 0 spiro atoms. The quantitative estimate of drug-likeness (QED) is 0.642. The van der Waals surface area contributed by atoms with Crippen LogP contribution < -0.4 is 16.0 Å². The Morgan fingerprint density at radius 2 is 2.06 bits per heavy atom. The van der Waals surface area contributed by atoms with Gasteiger partial charge in [0.2, 0.25) is 0 Å². The molecule has 1 unspecified atom stereocenters. The van der Waals surface area contributed by atoms with Gasteiger partial charge in [-0.2, -0.15) is 0 Å². The molecule has 18 heavy (non-hydrogen) atoms. The molecule has 1 heterocycles. The number of ether oxygens (including phenoxy) is 1. The van der Waals surface area contributed by atoms with Crippen LogP contribution in [0.4, 0.5) is 0 Å². The van der Waals surface area contributed by atoms with Crippen molar-refractivity contribution < 1.29 is 4.74 Å². The van der Waals surface area contributed by atoms with E-state index >= 15 is 0 Å². The first-order chi connectivity index (χ1) is 8.79. The average molecular weight is 264 g/mol. The molecule has 2 rings (SSSR count). The summed E-state index contributed by atoms with van der Waals surface area (Å²) in [4.78, 5) is 4.05. The van der Waals surface area contributed by atoms with Crippen LogP contribution in [0.1, 0.15) is 11.6 Å². The van der Waals surface area contributed by atoms with Crippen LogP contribution in [0.25, 0.3) is 0 Å². The third-order valence-electron chi connectivity index (χ3n) is 2.52. The summed E-state index contributed by atoms with van der Waals surface area (Å²) in [5.74, 6) is 6.27.